The summed E-state index contributed by atoms with van der Waals surface area (Å²) in [7, 11) is 1.80. The lowest BCUT2D eigenvalue weighted by atomic mass is 10.2. The molecule has 0 amide bonds. The zero-order chi connectivity index (χ0) is 19.8. The van der Waals surface area contributed by atoms with E-state index in [4.69, 9.17) is 4.74 Å². The number of aromatic hydroxyl groups is 1. The van der Waals surface area contributed by atoms with Crippen molar-refractivity contribution in [1.29, 1.82) is 0 Å². The Morgan fingerprint density at radius 1 is 1.18 bits per heavy atom. The van der Waals surface area contributed by atoms with Crippen molar-refractivity contribution in [1.82, 2.24) is 15.2 Å². The van der Waals surface area contributed by atoms with E-state index in [1.54, 1.807) is 13.1 Å². The Labute approximate surface area is 166 Å². The molecule has 0 aliphatic carbocycles. The number of rotatable bonds is 6. The van der Waals surface area contributed by atoms with Gasteiger partial charge in [-0.1, -0.05) is 25.1 Å². The van der Waals surface area contributed by atoms with E-state index in [9.17, 15) is 5.11 Å². The van der Waals surface area contributed by atoms with Gasteiger partial charge in [0.25, 0.3) is 0 Å². The number of aliphatic imine (C=N–C) groups is 1. The zero-order valence-corrected chi connectivity index (χ0v) is 16.6. The first-order chi connectivity index (χ1) is 13.7. The van der Waals surface area contributed by atoms with Crippen LogP contribution in [0.5, 0.6) is 11.6 Å². The molecule has 1 aromatic carbocycles. The molecule has 1 saturated heterocycles. The first-order valence-electron chi connectivity index (χ1n) is 9.77. The average molecular weight is 383 g/mol. The minimum atomic E-state index is 0.331. The van der Waals surface area contributed by atoms with Crippen LogP contribution in [0.25, 0.3) is 0 Å². The number of hydrogen-bond donors (Lipinski definition) is 2. The second-order valence-electron chi connectivity index (χ2n) is 6.72. The summed E-state index contributed by atoms with van der Waals surface area (Å²) >= 11 is 0. The Morgan fingerprint density at radius 3 is 2.61 bits per heavy atom. The van der Waals surface area contributed by atoms with E-state index in [0.29, 0.717) is 24.8 Å². The van der Waals surface area contributed by atoms with Gasteiger partial charge in [-0.25, -0.2) is 4.98 Å². The molecule has 1 aromatic heterocycles. The first kappa shape index (κ1) is 19.8. The van der Waals surface area contributed by atoms with Gasteiger partial charge in [-0.05, 0) is 24.1 Å². The number of para-hydroxylation sites is 2. The molecule has 1 aliphatic rings. The van der Waals surface area contributed by atoms with Crippen molar-refractivity contribution < 1.29 is 9.84 Å². The molecule has 1 fully saturated rings. The summed E-state index contributed by atoms with van der Waals surface area (Å²) in [6.07, 6.45) is 2.81. The number of ether oxygens (including phenoxy) is 1. The third kappa shape index (κ3) is 5.06. The van der Waals surface area contributed by atoms with Crippen LogP contribution in [0.1, 0.15) is 18.9 Å². The van der Waals surface area contributed by atoms with Crippen LogP contribution >= 0.6 is 0 Å². The number of phenolic OH excluding ortho intramolecular Hbond substituents is 1. The highest BCUT2D eigenvalue weighted by Crippen LogP contribution is 2.27. The molecule has 3 rings (SSSR count). The average Bonchev–Trinajstić information content (AvgIpc) is 2.74. The van der Waals surface area contributed by atoms with Gasteiger partial charge in [-0.15, -0.1) is 0 Å². The summed E-state index contributed by atoms with van der Waals surface area (Å²) in [5.74, 6) is 1.87. The quantitative estimate of drug-likeness (QED) is 0.590. The number of piperazine rings is 1. The van der Waals surface area contributed by atoms with Crippen LogP contribution in [0, 0.1) is 0 Å². The van der Waals surface area contributed by atoms with Crippen molar-refractivity contribution in [3.8, 4) is 11.6 Å². The number of aromatic nitrogens is 1. The van der Waals surface area contributed by atoms with Gasteiger partial charge >= 0.3 is 0 Å². The predicted octanol–water partition coefficient (Wildman–Crippen LogP) is 2.47. The third-order valence-corrected chi connectivity index (χ3v) is 4.72. The van der Waals surface area contributed by atoms with E-state index >= 15 is 0 Å². The smallest absolute Gasteiger partial charge is 0.213 e. The number of hydrogen-bond acceptors (Lipinski definition) is 5. The Hall–Kier alpha value is -2.96. The highest BCUT2D eigenvalue weighted by atomic mass is 16.5. The number of nitrogens with one attached hydrogen (secondary N) is 1. The van der Waals surface area contributed by atoms with E-state index in [2.05, 4.69) is 32.0 Å². The molecule has 0 atom stereocenters. The first-order valence-corrected chi connectivity index (χ1v) is 9.77. The van der Waals surface area contributed by atoms with E-state index in [1.165, 1.54) is 0 Å². The van der Waals surface area contributed by atoms with Crippen LogP contribution in [0.3, 0.4) is 0 Å². The molecule has 1 aliphatic heterocycles. The van der Waals surface area contributed by atoms with Crippen LogP contribution in [0.4, 0.5) is 5.69 Å². The van der Waals surface area contributed by atoms with Gasteiger partial charge in [0, 0.05) is 52.0 Å². The summed E-state index contributed by atoms with van der Waals surface area (Å²) in [4.78, 5) is 13.2. The van der Waals surface area contributed by atoms with E-state index in [0.717, 1.165) is 49.8 Å². The lowest BCUT2D eigenvalue weighted by Gasteiger charge is -2.37. The summed E-state index contributed by atoms with van der Waals surface area (Å²) in [5.41, 5.74) is 1.97. The molecule has 0 unspecified atom stereocenters. The summed E-state index contributed by atoms with van der Waals surface area (Å²) in [5, 5.41) is 13.5. The Balaban J connectivity index is 1.50. The maximum atomic E-state index is 10.1. The predicted molar refractivity (Wildman–Crippen MR) is 112 cm³/mol. The van der Waals surface area contributed by atoms with Crippen LogP contribution in [0.15, 0.2) is 47.6 Å². The molecular formula is C21H29N5O2. The topological polar surface area (TPSA) is 73.2 Å². The Morgan fingerprint density at radius 2 is 1.96 bits per heavy atom. The van der Waals surface area contributed by atoms with E-state index in [-0.39, 0.29) is 0 Å². The van der Waals surface area contributed by atoms with Crippen LogP contribution in [-0.4, -0.2) is 60.8 Å². The van der Waals surface area contributed by atoms with Gasteiger partial charge in [0.15, 0.2) is 5.96 Å². The van der Waals surface area contributed by atoms with Crippen molar-refractivity contribution in [3.05, 3.63) is 48.2 Å². The normalized spacial score (nSPS) is 14.9. The lowest BCUT2D eigenvalue weighted by molar-refractivity contribution is 0.305. The fourth-order valence-electron chi connectivity index (χ4n) is 3.21. The number of nitrogens with zero attached hydrogens (tertiary/aromatic N) is 4. The molecule has 0 spiro atoms. The zero-order valence-electron chi connectivity index (χ0n) is 16.6. The van der Waals surface area contributed by atoms with Gasteiger partial charge in [-0.3, -0.25) is 4.99 Å². The minimum Gasteiger partial charge on any atom is -0.506 e. The van der Waals surface area contributed by atoms with Crippen molar-refractivity contribution in [2.75, 3.05) is 44.7 Å². The molecule has 2 heterocycles. The van der Waals surface area contributed by atoms with Crippen LogP contribution < -0.4 is 15.0 Å². The number of benzene rings is 1. The third-order valence-electron chi connectivity index (χ3n) is 4.72. The van der Waals surface area contributed by atoms with E-state index < -0.39 is 0 Å². The molecule has 0 saturated carbocycles. The maximum absolute atomic E-state index is 10.1. The number of phenols is 1. The molecule has 150 valence electrons. The van der Waals surface area contributed by atoms with Crippen molar-refractivity contribution in [3.63, 3.8) is 0 Å². The van der Waals surface area contributed by atoms with Crippen molar-refractivity contribution in [2.24, 2.45) is 4.99 Å². The summed E-state index contributed by atoms with van der Waals surface area (Å²) in [6, 6.07) is 11.4. The van der Waals surface area contributed by atoms with Gasteiger partial charge in [-0.2, -0.15) is 0 Å². The molecule has 28 heavy (non-hydrogen) atoms. The molecule has 0 bridgehead atoms. The highest BCUT2D eigenvalue weighted by Gasteiger charge is 2.21. The van der Waals surface area contributed by atoms with Gasteiger partial charge in [0.05, 0.1) is 12.3 Å². The van der Waals surface area contributed by atoms with Gasteiger partial charge in [0.1, 0.15) is 5.75 Å². The monoisotopic (exact) mass is 383 g/mol. The van der Waals surface area contributed by atoms with Gasteiger partial charge < -0.3 is 25.0 Å². The maximum Gasteiger partial charge on any atom is 0.213 e. The molecule has 7 nitrogen and oxygen atoms in total. The van der Waals surface area contributed by atoms with Crippen molar-refractivity contribution >= 4 is 11.6 Å². The second kappa shape index (κ2) is 9.82. The number of anilines is 1. The highest BCUT2D eigenvalue weighted by molar-refractivity contribution is 5.80. The largest absolute Gasteiger partial charge is 0.506 e. The number of guanidine groups is 1. The number of pyridine rings is 1. The van der Waals surface area contributed by atoms with Crippen LogP contribution in [-0.2, 0) is 6.54 Å². The van der Waals surface area contributed by atoms with Crippen LogP contribution in [0.2, 0.25) is 0 Å². The molecular weight excluding hydrogens is 354 g/mol. The standard InChI is InChI=1S/C21H29N5O2/c1-3-14-28-20-9-8-17(15-23-20)16-24-21(22-2)26-12-10-25(11-13-26)18-6-4-5-7-19(18)27/h4-9,15,27H,3,10-14,16H2,1-2H3,(H,22,24). The van der Waals surface area contributed by atoms with Gasteiger partial charge in [0.2, 0.25) is 5.88 Å². The molecule has 7 heteroatoms. The molecule has 2 aromatic rings. The lowest BCUT2D eigenvalue weighted by Crippen LogP contribution is -2.52. The Bertz CT molecular complexity index is 771. The fourth-order valence-corrected chi connectivity index (χ4v) is 3.21. The van der Waals surface area contributed by atoms with E-state index in [1.807, 2.05) is 36.5 Å². The summed E-state index contributed by atoms with van der Waals surface area (Å²) < 4.78 is 5.52. The SMILES string of the molecule is CCCOc1ccc(CNC(=NC)N2CCN(c3ccccc3O)CC2)cn1. The second-order valence-corrected chi connectivity index (χ2v) is 6.72. The Kier molecular flexibility index (Phi) is 6.94. The minimum absolute atomic E-state index is 0.331. The summed E-state index contributed by atoms with van der Waals surface area (Å²) in [6.45, 7) is 6.78. The van der Waals surface area contributed by atoms with Crippen molar-refractivity contribution in [2.45, 2.75) is 19.9 Å². The molecule has 2 N–H and O–H groups in total. The molecule has 0 radical (unpaired) electrons. The fraction of sp³-hybridized carbons (Fsp3) is 0.429.